The minimum absolute atomic E-state index is 0.125. The highest BCUT2D eigenvalue weighted by molar-refractivity contribution is 5.33. The van der Waals surface area contributed by atoms with Crippen LogP contribution in [0.15, 0.2) is 12.3 Å². The number of likely N-dealkylation sites (N-methyl/N-ethyl adjacent to an activating group) is 1. The number of aromatic nitrogens is 1. The number of ether oxygens (including phenoxy) is 2. The summed E-state index contributed by atoms with van der Waals surface area (Å²) in [5.41, 5.74) is -0.684. The van der Waals surface area contributed by atoms with Crippen molar-refractivity contribution in [1.29, 1.82) is 0 Å². The summed E-state index contributed by atoms with van der Waals surface area (Å²) in [6.45, 7) is 1.17. The highest BCUT2D eigenvalue weighted by Crippen LogP contribution is 2.43. The first-order valence-corrected chi connectivity index (χ1v) is 6.75. The number of halogens is 1. The Hall–Kier alpha value is -1.24. The summed E-state index contributed by atoms with van der Waals surface area (Å²) in [6, 6.07) is 1.58. The van der Waals surface area contributed by atoms with Gasteiger partial charge in [0.05, 0.1) is 32.1 Å². The van der Waals surface area contributed by atoms with Crippen molar-refractivity contribution in [1.82, 2.24) is 9.88 Å². The SMILES string of the molecule is COc1ncc(F)cc1C1(O)CC2COCC(C1)N2C. The Kier molecular flexibility index (Phi) is 3.40. The molecule has 20 heavy (non-hydrogen) atoms. The average Bonchev–Trinajstić information content (AvgIpc) is 2.41. The molecule has 2 saturated heterocycles. The molecule has 6 heteroatoms. The second-order valence-electron chi connectivity index (χ2n) is 5.66. The van der Waals surface area contributed by atoms with Gasteiger partial charge in [-0.25, -0.2) is 9.37 Å². The van der Waals surface area contributed by atoms with Gasteiger partial charge in [-0.3, -0.25) is 4.90 Å². The number of hydrogen-bond acceptors (Lipinski definition) is 5. The fraction of sp³-hybridized carbons (Fsp3) is 0.643. The Balaban J connectivity index is 1.98. The Bertz CT molecular complexity index is 497. The lowest BCUT2D eigenvalue weighted by molar-refractivity contribution is -0.138. The fourth-order valence-electron chi connectivity index (χ4n) is 3.28. The highest BCUT2D eigenvalue weighted by Gasteiger charge is 2.47. The van der Waals surface area contributed by atoms with Gasteiger partial charge < -0.3 is 14.6 Å². The maximum atomic E-state index is 13.5. The van der Waals surface area contributed by atoms with Gasteiger partial charge in [0.1, 0.15) is 5.82 Å². The van der Waals surface area contributed by atoms with Crippen LogP contribution < -0.4 is 4.74 Å². The molecule has 2 atom stereocenters. The Morgan fingerprint density at radius 2 is 2.10 bits per heavy atom. The largest absolute Gasteiger partial charge is 0.481 e. The van der Waals surface area contributed by atoms with Crippen molar-refractivity contribution < 1.29 is 19.0 Å². The lowest BCUT2D eigenvalue weighted by atomic mass is 9.77. The van der Waals surface area contributed by atoms with Crippen LogP contribution in [-0.2, 0) is 10.3 Å². The molecular weight excluding hydrogens is 263 g/mol. The third-order valence-corrected chi connectivity index (χ3v) is 4.43. The van der Waals surface area contributed by atoms with E-state index < -0.39 is 11.4 Å². The number of fused-ring (bicyclic) bond motifs is 2. The Morgan fingerprint density at radius 3 is 2.70 bits per heavy atom. The van der Waals surface area contributed by atoms with Crippen LogP contribution in [0.25, 0.3) is 0 Å². The molecule has 1 aromatic rings. The van der Waals surface area contributed by atoms with E-state index in [0.717, 1.165) is 6.20 Å². The zero-order valence-corrected chi connectivity index (χ0v) is 11.7. The van der Waals surface area contributed by atoms with Crippen LogP contribution in [-0.4, -0.2) is 54.4 Å². The number of pyridine rings is 1. The van der Waals surface area contributed by atoms with Gasteiger partial charge in [0.15, 0.2) is 0 Å². The number of methoxy groups -OCH3 is 1. The van der Waals surface area contributed by atoms with Crippen LogP contribution in [0.3, 0.4) is 0 Å². The second-order valence-corrected chi connectivity index (χ2v) is 5.66. The molecule has 2 aliphatic rings. The van der Waals surface area contributed by atoms with E-state index in [1.165, 1.54) is 13.2 Å². The van der Waals surface area contributed by atoms with Crippen LogP contribution in [0.1, 0.15) is 18.4 Å². The summed E-state index contributed by atoms with van der Waals surface area (Å²) >= 11 is 0. The van der Waals surface area contributed by atoms with Gasteiger partial charge in [0.2, 0.25) is 5.88 Å². The van der Waals surface area contributed by atoms with E-state index in [4.69, 9.17) is 9.47 Å². The van der Waals surface area contributed by atoms with Crippen molar-refractivity contribution in [3.05, 3.63) is 23.6 Å². The van der Waals surface area contributed by atoms with Crippen molar-refractivity contribution >= 4 is 0 Å². The third-order valence-electron chi connectivity index (χ3n) is 4.43. The van der Waals surface area contributed by atoms with Crippen LogP contribution in [0.4, 0.5) is 4.39 Å². The molecule has 2 unspecified atom stereocenters. The lowest BCUT2D eigenvalue weighted by Crippen LogP contribution is -2.59. The molecule has 2 fully saturated rings. The van der Waals surface area contributed by atoms with Crippen molar-refractivity contribution in [2.45, 2.75) is 30.5 Å². The molecule has 5 nitrogen and oxygen atoms in total. The Labute approximate surface area is 117 Å². The smallest absolute Gasteiger partial charge is 0.219 e. The predicted molar refractivity (Wildman–Crippen MR) is 70.0 cm³/mol. The molecule has 0 spiro atoms. The number of piperidine rings is 1. The molecule has 2 bridgehead atoms. The van der Waals surface area contributed by atoms with E-state index in [2.05, 4.69) is 9.88 Å². The average molecular weight is 282 g/mol. The molecule has 0 amide bonds. The fourth-order valence-corrected chi connectivity index (χ4v) is 3.28. The van der Waals surface area contributed by atoms with Gasteiger partial charge in [0.25, 0.3) is 0 Å². The van der Waals surface area contributed by atoms with Gasteiger partial charge in [-0.05, 0) is 26.0 Å². The minimum Gasteiger partial charge on any atom is -0.481 e. The molecule has 3 rings (SSSR count). The summed E-state index contributed by atoms with van der Waals surface area (Å²) in [4.78, 5) is 6.16. The zero-order chi connectivity index (χ0) is 14.3. The summed E-state index contributed by atoms with van der Waals surface area (Å²) in [7, 11) is 3.52. The Morgan fingerprint density at radius 1 is 1.45 bits per heavy atom. The number of hydrogen-bond donors (Lipinski definition) is 1. The minimum atomic E-state index is -1.12. The van der Waals surface area contributed by atoms with Gasteiger partial charge in [-0.1, -0.05) is 0 Å². The molecule has 110 valence electrons. The highest BCUT2D eigenvalue weighted by atomic mass is 19.1. The molecule has 0 aromatic carbocycles. The van der Waals surface area contributed by atoms with Crippen LogP contribution in [0.5, 0.6) is 5.88 Å². The quantitative estimate of drug-likeness (QED) is 0.874. The summed E-state index contributed by atoms with van der Waals surface area (Å²) in [6.07, 6.45) is 2.08. The van der Waals surface area contributed by atoms with E-state index >= 15 is 0 Å². The van der Waals surface area contributed by atoms with Crippen LogP contribution >= 0.6 is 0 Å². The topological polar surface area (TPSA) is 54.8 Å². The van der Waals surface area contributed by atoms with Crippen molar-refractivity contribution in [3.63, 3.8) is 0 Å². The summed E-state index contributed by atoms with van der Waals surface area (Å²) in [5, 5.41) is 11.0. The van der Waals surface area contributed by atoms with E-state index in [-0.39, 0.29) is 18.0 Å². The maximum Gasteiger partial charge on any atom is 0.219 e. The first-order chi connectivity index (χ1) is 9.53. The maximum absolute atomic E-state index is 13.5. The van der Waals surface area contributed by atoms with E-state index in [9.17, 15) is 9.50 Å². The van der Waals surface area contributed by atoms with Gasteiger partial charge in [-0.15, -0.1) is 0 Å². The van der Waals surface area contributed by atoms with Gasteiger partial charge in [-0.2, -0.15) is 0 Å². The molecule has 1 N–H and O–H groups in total. The number of rotatable bonds is 2. The van der Waals surface area contributed by atoms with E-state index in [1.807, 2.05) is 7.05 Å². The van der Waals surface area contributed by atoms with Crippen molar-refractivity contribution in [2.24, 2.45) is 0 Å². The lowest BCUT2D eigenvalue weighted by Gasteiger charge is -2.50. The normalized spacial score (nSPS) is 34.0. The molecule has 3 heterocycles. The standard InChI is InChI=1S/C14H19FN2O3/c1-17-10-4-14(18,5-11(17)8-20-7-10)12-3-9(15)6-16-13(12)19-2/h3,6,10-11,18H,4-5,7-8H2,1-2H3. The summed E-state index contributed by atoms with van der Waals surface area (Å²) < 4.78 is 24.2. The second kappa shape index (κ2) is 4.95. The number of aliphatic hydroxyl groups is 1. The molecule has 1 aromatic heterocycles. The van der Waals surface area contributed by atoms with E-state index in [1.54, 1.807) is 0 Å². The first kappa shape index (κ1) is 13.7. The van der Waals surface area contributed by atoms with Crippen molar-refractivity contribution in [2.75, 3.05) is 27.4 Å². The molecule has 0 aliphatic carbocycles. The van der Waals surface area contributed by atoms with Gasteiger partial charge in [0, 0.05) is 17.6 Å². The van der Waals surface area contributed by atoms with E-state index in [0.29, 0.717) is 31.6 Å². The van der Waals surface area contributed by atoms with Crippen molar-refractivity contribution in [3.8, 4) is 5.88 Å². The zero-order valence-electron chi connectivity index (χ0n) is 11.7. The predicted octanol–water partition coefficient (Wildman–Crippen LogP) is 0.910. The molecular formula is C14H19FN2O3. The number of morpholine rings is 1. The monoisotopic (exact) mass is 282 g/mol. The summed E-state index contributed by atoms with van der Waals surface area (Å²) in [5.74, 6) is -0.174. The van der Waals surface area contributed by atoms with Gasteiger partial charge >= 0.3 is 0 Å². The van der Waals surface area contributed by atoms with Crippen LogP contribution in [0.2, 0.25) is 0 Å². The molecule has 0 saturated carbocycles. The molecule has 0 radical (unpaired) electrons. The third kappa shape index (κ3) is 2.17. The number of nitrogens with zero attached hydrogens (tertiary/aromatic N) is 2. The first-order valence-electron chi connectivity index (χ1n) is 6.75. The molecule has 2 aliphatic heterocycles. The van der Waals surface area contributed by atoms with Crippen LogP contribution in [0, 0.1) is 5.82 Å².